The van der Waals surface area contributed by atoms with Crippen molar-refractivity contribution in [2.45, 2.75) is 76.5 Å². The molecule has 0 saturated carbocycles. The summed E-state index contributed by atoms with van der Waals surface area (Å²) in [5, 5.41) is 25.7. The topological polar surface area (TPSA) is 240 Å². The van der Waals surface area contributed by atoms with Crippen molar-refractivity contribution in [3.8, 4) is 0 Å². The fraction of sp³-hybridized carbons (Fsp3) is 0.750. The molecule has 5 unspecified atom stereocenters. The van der Waals surface area contributed by atoms with Gasteiger partial charge in [0.05, 0.1) is 6.61 Å². The minimum atomic E-state index is -1.27. The van der Waals surface area contributed by atoms with Crippen LogP contribution in [0.15, 0.2) is 0 Å². The van der Waals surface area contributed by atoms with E-state index in [0.29, 0.717) is 25.8 Å². The molecule has 0 aromatic carbocycles. The number of hydrogen-bond donors (Lipinski definition) is 8. The van der Waals surface area contributed by atoms with Gasteiger partial charge < -0.3 is 43.4 Å². The van der Waals surface area contributed by atoms with Gasteiger partial charge in [0.1, 0.15) is 24.2 Å². The number of hydrogen-bond acceptors (Lipinski definition) is 8. The van der Waals surface area contributed by atoms with Crippen molar-refractivity contribution in [1.29, 1.82) is 0 Å². The van der Waals surface area contributed by atoms with Crippen molar-refractivity contribution in [1.82, 2.24) is 16.0 Å². The maximum atomic E-state index is 12.9. The van der Waals surface area contributed by atoms with Crippen LogP contribution in [-0.4, -0.2) is 77.1 Å². The lowest BCUT2D eigenvalue weighted by Crippen LogP contribution is -2.59. The van der Waals surface area contributed by atoms with Gasteiger partial charge in [-0.3, -0.25) is 19.2 Å². The van der Waals surface area contributed by atoms with Crippen molar-refractivity contribution in [3.63, 3.8) is 0 Å². The molecule has 11 N–H and O–H groups in total. The molecule has 13 heteroatoms. The van der Waals surface area contributed by atoms with E-state index in [1.54, 1.807) is 13.8 Å². The van der Waals surface area contributed by atoms with Gasteiger partial charge in [-0.2, -0.15) is 0 Å². The fourth-order valence-electron chi connectivity index (χ4n) is 2.88. The van der Waals surface area contributed by atoms with Crippen LogP contribution in [0.4, 0.5) is 0 Å². The molecule has 0 aromatic heterocycles. The van der Waals surface area contributed by atoms with Gasteiger partial charge in [0.25, 0.3) is 0 Å². The monoisotopic (exact) mass is 474 g/mol. The Bertz CT molecular complexity index is 675. The molecule has 13 nitrogen and oxygen atoms in total. The summed E-state index contributed by atoms with van der Waals surface area (Å²) in [4.78, 5) is 60.5. The average Bonchev–Trinajstić information content (AvgIpc) is 2.77. The molecule has 190 valence electrons. The number of carbonyl (C=O) groups is 5. The molecule has 0 aliphatic carbocycles. The number of aliphatic hydroxyl groups is 1. The Morgan fingerprint density at radius 3 is 2.00 bits per heavy atom. The second-order valence-corrected chi connectivity index (χ2v) is 7.91. The van der Waals surface area contributed by atoms with Gasteiger partial charge in [0.2, 0.25) is 23.6 Å². The minimum Gasteiger partial charge on any atom is -0.480 e. The van der Waals surface area contributed by atoms with Crippen LogP contribution in [0.2, 0.25) is 0 Å². The molecule has 0 aromatic rings. The number of rotatable bonds is 17. The molecule has 0 heterocycles. The van der Waals surface area contributed by atoms with Gasteiger partial charge in [-0.05, 0) is 38.1 Å². The number of unbranched alkanes of at least 4 members (excludes halogenated alkanes) is 1. The molecule has 33 heavy (non-hydrogen) atoms. The molecule has 0 aliphatic heterocycles. The Balaban J connectivity index is 5.53. The lowest BCUT2D eigenvalue weighted by Gasteiger charge is -2.27. The summed E-state index contributed by atoms with van der Waals surface area (Å²) in [6.07, 6.45) is 1.28. The van der Waals surface area contributed by atoms with Crippen LogP contribution in [-0.2, 0) is 24.0 Å². The summed E-state index contributed by atoms with van der Waals surface area (Å²) in [5.74, 6) is -4.58. The van der Waals surface area contributed by atoms with Crippen molar-refractivity contribution < 1.29 is 34.2 Å². The van der Waals surface area contributed by atoms with Crippen LogP contribution >= 0.6 is 0 Å². The van der Waals surface area contributed by atoms with Gasteiger partial charge in [-0.1, -0.05) is 20.3 Å². The molecular formula is C20H38N6O7. The number of aliphatic carboxylic acids is 1. The predicted molar refractivity (Wildman–Crippen MR) is 119 cm³/mol. The van der Waals surface area contributed by atoms with E-state index >= 15 is 0 Å². The summed E-state index contributed by atoms with van der Waals surface area (Å²) in [7, 11) is 0. The van der Waals surface area contributed by atoms with Crippen molar-refractivity contribution >= 4 is 29.6 Å². The third-order valence-electron chi connectivity index (χ3n) is 5.20. The molecule has 0 radical (unpaired) electrons. The van der Waals surface area contributed by atoms with Gasteiger partial charge in [0, 0.05) is 6.42 Å². The molecule has 5 atom stereocenters. The Labute approximate surface area is 193 Å². The first-order chi connectivity index (χ1) is 15.5. The summed E-state index contributed by atoms with van der Waals surface area (Å²) >= 11 is 0. The zero-order valence-electron chi connectivity index (χ0n) is 19.2. The van der Waals surface area contributed by atoms with Crippen LogP contribution in [0.3, 0.4) is 0 Å². The van der Waals surface area contributed by atoms with Crippen LogP contribution in [0.5, 0.6) is 0 Å². The Morgan fingerprint density at radius 1 is 0.909 bits per heavy atom. The Morgan fingerprint density at radius 2 is 1.52 bits per heavy atom. The highest BCUT2D eigenvalue weighted by molar-refractivity contribution is 5.94. The van der Waals surface area contributed by atoms with Crippen LogP contribution in [0.25, 0.3) is 0 Å². The summed E-state index contributed by atoms with van der Waals surface area (Å²) in [5.41, 5.74) is 16.1. The first kappa shape index (κ1) is 30.2. The van der Waals surface area contributed by atoms with Crippen LogP contribution in [0, 0.1) is 5.92 Å². The number of primary amides is 1. The predicted octanol–water partition coefficient (Wildman–Crippen LogP) is -2.71. The van der Waals surface area contributed by atoms with Crippen molar-refractivity contribution in [2.24, 2.45) is 23.1 Å². The highest BCUT2D eigenvalue weighted by Gasteiger charge is 2.32. The van der Waals surface area contributed by atoms with E-state index in [9.17, 15) is 29.1 Å². The maximum absolute atomic E-state index is 12.9. The molecule has 0 fully saturated rings. The highest BCUT2D eigenvalue weighted by Crippen LogP contribution is 2.10. The van der Waals surface area contributed by atoms with E-state index in [2.05, 4.69) is 16.0 Å². The second kappa shape index (κ2) is 15.9. The quantitative estimate of drug-likeness (QED) is 0.102. The normalized spacial score (nSPS) is 15.4. The van der Waals surface area contributed by atoms with E-state index in [1.807, 2.05) is 0 Å². The number of carboxylic acids is 1. The van der Waals surface area contributed by atoms with Crippen molar-refractivity contribution in [3.05, 3.63) is 0 Å². The number of nitrogens with one attached hydrogen (secondary N) is 3. The van der Waals surface area contributed by atoms with E-state index in [4.69, 9.17) is 22.3 Å². The van der Waals surface area contributed by atoms with Gasteiger partial charge in [0.15, 0.2) is 0 Å². The molecule has 0 aliphatic rings. The second-order valence-electron chi connectivity index (χ2n) is 7.91. The zero-order chi connectivity index (χ0) is 25.6. The van der Waals surface area contributed by atoms with Crippen LogP contribution in [0.1, 0.15) is 52.4 Å². The molecule has 0 bridgehead atoms. The Kier molecular flexibility index (Phi) is 14.6. The number of nitrogens with two attached hydrogens (primary N) is 3. The zero-order valence-corrected chi connectivity index (χ0v) is 19.2. The number of amides is 4. The van der Waals surface area contributed by atoms with Gasteiger partial charge >= 0.3 is 5.97 Å². The van der Waals surface area contributed by atoms with Crippen LogP contribution < -0.4 is 33.2 Å². The molecule has 4 amide bonds. The molecule has 0 rings (SSSR count). The number of carbonyl (C=O) groups excluding carboxylic acids is 4. The SMILES string of the molecule is CCC(C)C(NC(=O)C(N)CO)C(=O)NC(CCC(N)=O)C(=O)NC(CCCCN)C(=O)O. The highest BCUT2D eigenvalue weighted by atomic mass is 16.4. The first-order valence-corrected chi connectivity index (χ1v) is 11.0. The van der Waals surface area contributed by atoms with Gasteiger partial charge in [-0.25, -0.2) is 4.79 Å². The van der Waals surface area contributed by atoms with E-state index in [1.165, 1.54) is 0 Å². The maximum Gasteiger partial charge on any atom is 0.326 e. The first-order valence-electron chi connectivity index (χ1n) is 11.0. The lowest BCUT2D eigenvalue weighted by atomic mass is 9.97. The van der Waals surface area contributed by atoms with Crippen molar-refractivity contribution in [2.75, 3.05) is 13.2 Å². The molecule has 0 spiro atoms. The summed E-state index contributed by atoms with van der Waals surface area (Å²) in [6.45, 7) is 3.25. The molecular weight excluding hydrogens is 436 g/mol. The smallest absolute Gasteiger partial charge is 0.326 e. The average molecular weight is 475 g/mol. The number of carboxylic acid groups (broad SMARTS) is 1. The third kappa shape index (κ3) is 11.6. The van der Waals surface area contributed by atoms with E-state index in [-0.39, 0.29) is 25.2 Å². The lowest BCUT2D eigenvalue weighted by molar-refractivity contribution is -0.142. The van der Waals surface area contributed by atoms with E-state index < -0.39 is 60.4 Å². The van der Waals surface area contributed by atoms with E-state index in [0.717, 1.165) is 0 Å². The minimum absolute atomic E-state index is 0.138. The van der Waals surface area contributed by atoms with Gasteiger partial charge in [-0.15, -0.1) is 0 Å². The number of aliphatic hydroxyl groups excluding tert-OH is 1. The Hall–Kier alpha value is -2.77. The molecule has 0 saturated heterocycles. The standard InChI is InChI=1S/C20H38N6O7/c1-3-11(2)16(26-17(29)12(22)10-27)19(31)24-13(7-8-15(23)28)18(30)25-14(20(32)33)6-4-5-9-21/h11-14,16,27H,3-10,21-22H2,1-2H3,(H2,23,28)(H,24,31)(H,25,30)(H,26,29)(H,32,33). The fourth-order valence-corrected chi connectivity index (χ4v) is 2.88. The summed E-state index contributed by atoms with van der Waals surface area (Å²) < 4.78 is 0. The summed E-state index contributed by atoms with van der Waals surface area (Å²) in [6, 6.07) is -4.78. The largest absolute Gasteiger partial charge is 0.480 e. The third-order valence-corrected chi connectivity index (χ3v) is 5.20.